The lowest BCUT2D eigenvalue weighted by atomic mass is 10.0. The molecule has 0 saturated carbocycles. The maximum atomic E-state index is 12.9. The number of hydrogen-bond acceptors (Lipinski definition) is 4. The van der Waals surface area contributed by atoms with Gasteiger partial charge in [-0.25, -0.2) is 4.98 Å². The number of fused-ring (bicyclic) bond motifs is 1. The van der Waals surface area contributed by atoms with Crippen molar-refractivity contribution in [3.05, 3.63) is 77.4 Å². The average Bonchev–Trinajstić information content (AvgIpc) is 3.56. The predicted octanol–water partition coefficient (Wildman–Crippen LogP) is 4.55. The number of amides is 1. The molecule has 7 nitrogen and oxygen atoms in total. The second-order valence-corrected chi connectivity index (χ2v) is 8.17. The normalized spacial score (nSPS) is 16.3. The zero-order valence-corrected chi connectivity index (χ0v) is 17.8. The Morgan fingerprint density at radius 1 is 1.22 bits per heavy atom. The summed E-state index contributed by atoms with van der Waals surface area (Å²) in [7, 11) is 0. The lowest BCUT2D eigenvalue weighted by Gasteiger charge is -2.16. The molecule has 3 N–H and O–H groups in total. The van der Waals surface area contributed by atoms with Crippen molar-refractivity contribution < 1.29 is 4.79 Å². The molecule has 0 bridgehead atoms. The molecule has 0 aliphatic carbocycles. The molecule has 1 atom stereocenters. The molecule has 0 radical (unpaired) electrons. The second-order valence-electron chi connectivity index (χ2n) is 8.17. The van der Waals surface area contributed by atoms with Gasteiger partial charge >= 0.3 is 0 Å². The number of carbonyl (C=O) groups excluding carboxylic acids is 1. The maximum absolute atomic E-state index is 12.9. The first-order valence-electron chi connectivity index (χ1n) is 10.7. The van der Waals surface area contributed by atoms with Crippen molar-refractivity contribution >= 4 is 29.2 Å². The van der Waals surface area contributed by atoms with Crippen LogP contribution in [0.5, 0.6) is 0 Å². The van der Waals surface area contributed by atoms with Gasteiger partial charge in [0.05, 0.1) is 11.9 Å². The van der Waals surface area contributed by atoms with E-state index in [1.165, 1.54) is 6.21 Å². The highest BCUT2D eigenvalue weighted by molar-refractivity contribution is 5.96. The van der Waals surface area contributed by atoms with Crippen LogP contribution in [0.4, 0.5) is 0 Å². The molecule has 1 aliphatic rings. The zero-order chi connectivity index (χ0) is 22.1. The van der Waals surface area contributed by atoms with Crippen LogP contribution in [0.1, 0.15) is 39.6 Å². The molecule has 1 fully saturated rings. The number of H-pyrrole nitrogens is 2. The molecule has 160 valence electrons. The number of aromatic amines is 2. The van der Waals surface area contributed by atoms with Gasteiger partial charge < -0.3 is 15.3 Å². The maximum Gasteiger partial charge on any atom is 0.253 e. The first kappa shape index (κ1) is 19.9. The zero-order valence-electron chi connectivity index (χ0n) is 17.8. The summed E-state index contributed by atoms with van der Waals surface area (Å²) in [6.07, 6.45) is 9.24. The molecule has 3 aromatic heterocycles. The van der Waals surface area contributed by atoms with Gasteiger partial charge in [-0.3, -0.25) is 9.89 Å². The fraction of sp³-hybridized carbons (Fsp3) is 0.200. The number of carbonyl (C=O) groups is 1. The number of aromatic nitrogens is 4. The Bertz CT molecular complexity index is 1310. The third-order valence-corrected chi connectivity index (χ3v) is 6.08. The van der Waals surface area contributed by atoms with Crippen molar-refractivity contribution in [1.29, 1.82) is 5.41 Å². The summed E-state index contributed by atoms with van der Waals surface area (Å²) in [5.74, 6) is 0.330. The number of benzene rings is 1. The van der Waals surface area contributed by atoms with E-state index in [4.69, 9.17) is 5.41 Å². The van der Waals surface area contributed by atoms with E-state index in [0.29, 0.717) is 6.54 Å². The van der Waals surface area contributed by atoms with E-state index < -0.39 is 0 Å². The van der Waals surface area contributed by atoms with Crippen LogP contribution in [0.3, 0.4) is 0 Å². The van der Waals surface area contributed by atoms with Gasteiger partial charge in [0.15, 0.2) is 0 Å². The fourth-order valence-corrected chi connectivity index (χ4v) is 4.36. The molecular formula is C25H24N6O. The number of nitrogens with zero attached hydrogens (tertiary/aromatic N) is 3. The summed E-state index contributed by atoms with van der Waals surface area (Å²) in [5, 5.41) is 15.4. The van der Waals surface area contributed by atoms with Crippen molar-refractivity contribution in [2.24, 2.45) is 0 Å². The molecular weight excluding hydrogens is 400 g/mol. The number of hydrogen-bond donors (Lipinski definition) is 3. The third-order valence-electron chi connectivity index (χ3n) is 6.08. The number of pyridine rings is 1. The average molecular weight is 425 g/mol. The number of allylic oxidation sites excluding steroid dienone is 1. The minimum atomic E-state index is 0.0865. The molecule has 1 aromatic carbocycles. The Kier molecular flexibility index (Phi) is 5.15. The van der Waals surface area contributed by atoms with Crippen LogP contribution in [-0.2, 0) is 0 Å². The fourth-order valence-electron chi connectivity index (χ4n) is 4.36. The number of aryl methyl sites for hydroxylation is 1. The Morgan fingerprint density at radius 2 is 2.06 bits per heavy atom. The first-order chi connectivity index (χ1) is 15.6. The highest BCUT2D eigenvalue weighted by Gasteiger charge is 2.29. The number of rotatable bonds is 5. The van der Waals surface area contributed by atoms with Gasteiger partial charge in [-0.1, -0.05) is 17.7 Å². The molecule has 1 aliphatic heterocycles. The van der Waals surface area contributed by atoms with Gasteiger partial charge in [0.2, 0.25) is 0 Å². The summed E-state index contributed by atoms with van der Waals surface area (Å²) in [6.45, 7) is 3.45. The van der Waals surface area contributed by atoms with Gasteiger partial charge in [0, 0.05) is 53.6 Å². The van der Waals surface area contributed by atoms with Gasteiger partial charge in [0.1, 0.15) is 5.65 Å². The smallest absolute Gasteiger partial charge is 0.253 e. The van der Waals surface area contributed by atoms with E-state index in [1.807, 2.05) is 48.2 Å². The quantitative estimate of drug-likeness (QED) is 0.410. The van der Waals surface area contributed by atoms with E-state index in [1.54, 1.807) is 18.5 Å². The van der Waals surface area contributed by atoms with Crippen molar-refractivity contribution in [2.45, 2.75) is 19.3 Å². The standard InChI is InChI=1S/C25H24N6O/c1-16-4-6-17(7-5-16)25(32)31-12-9-18(15-31)23-13-20-19(8-11-27-24(20)29-23)21-14-28-30-22(21)3-2-10-26/h2-8,10-11,13-14,18,26H,9,12,15H2,1H3,(H,27,29)(H,28,30)/b3-2-,26-10?. The van der Waals surface area contributed by atoms with Gasteiger partial charge in [0.25, 0.3) is 5.91 Å². The lowest BCUT2D eigenvalue weighted by molar-refractivity contribution is 0.0790. The van der Waals surface area contributed by atoms with E-state index >= 15 is 0 Å². The molecule has 4 aromatic rings. The van der Waals surface area contributed by atoms with Crippen LogP contribution in [0.25, 0.3) is 28.2 Å². The molecule has 1 unspecified atom stereocenters. The Morgan fingerprint density at radius 3 is 2.88 bits per heavy atom. The largest absolute Gasteiger partial charge is 0.343 e. The minimum absolute atomic E-state index is 0.0865. The molecule has 32 heavy (non-hydrogen) atoms. The Labute approximate surface area is 185 Å². The highest BCUT2D eigenvalue weighted by atomic mass is 16.2. The van der Waals surface area contributed by atoms with E-state index in [-0.39, 0.29) is 11.8 Å². The SMILES string of the molecule is Cc1ccc(C(=O)N2CCC(c3cc4c(-c5cn[nH]c5/C=C\C=N)ccnc4[nH]3)C2)cc1. The predicted molar refractivity (Wildman–Crippen MR) is 126 cm³/mol. The Balaban J connectivity index is 1.42. The summed E-state index contributed by atoms with van der Waals surface area (Å²) in [4.78, 5) is 22.8. The van der Waals surface area contributed by atoms with Crippen LogP contribution in [0.2, 0.25) is 0 Å². The van der Waals surface area contributed by atoms with Crippen LogP contribution in [-0.4, -0.2) is 50.3 Å². The lowest BCUT2D eigenvalue weighted by Crippen LogP contribution is -2.28. The first-order valence-corrected chi connectivity index (χ1v) is 10.7. The van der Waals surface area contributed by atoms with Gasteiger partial charge in [-0.15, -0.1) is 0 Å². The second kappa shape index (κ2) is 8.26. The van der Waals surface area contributed by atoms with E-state index in [9.17, 15) is 4.79 Å². The molecule has 1 saturated heterocycles. The summed E-state index contributed by atoms with van der Waals surface area (Å²) in [6, 6.07) is 11.9. The van der Waals surface area contributed by atoms with Crippen molar-refractivity contribution in [3.8, 4) is 11.1 Å². The summed E-state index contributed by atoms with van der Waals surface area (Å²) < 4.78 is 0. The molecule has 1 amide bonds. The highest BCUT2D eigenvalue weighted by Crippen LogP contribution is 2.34. The molecule has 0 spiro atoms. The van der Waals surface area contributed by atoms with E-state index in [0.717, 1.165) is 57.6 Å². The van der Waals surface area contributed by atoms with Crippen LogP contribution in [0, 0.1) is 12.3 Å². The van der Waals surface area contributed by atoms with E-state index in [2.05, 4.69) is 26.2 Å². The van der Waals surface area contributed by atoms with Crippen LogP contribution in [0.15, 0.2) is 54.9 Å². The topological polar surface area (TPSA) is 102 Å². The Hall–Kier alpha value is -4.00. The minimum Gasteiger partial charge on any atom is -0.343 e. The van der Waals surface area contributed by atoms with Crippen molar-refractivity contribution in [3.63, 3.8) is 0 Å². The molecule has 7 heteroatoms. The van der Waals surface area contributed by atoms with Crippen LogP contribution >= 0.6 is 0 Å². The van der Waals surface area contributed by atoms with Gasteiger partial charge in [-0.05, 0) is 55.3 Å². The summed E-state index contributed by atoms with van der Waals surface area (Å²) in [5.41, 5.74) is 6.64. The van der Waals surface area contributed by atoms with Crippen LogP contribution < -0.4 is 0 Å². The number of nitrogens with one attached hydrogen (secondary N) is 3. The monoisotopic (exact) mass is 424 g/mol. The van der Waals surface area contributed by atoms with Crippen molar-refractivity contribution in [2.75, 3.05) is 13.1 Å². The third kappa shape index (κ3) is 3.62. The summed E-state index contributed by atoms with van der Waals surface area (Å²) >= 11 is 0. The number of likely N-dealkylation sites (tertiary alicyclic amines) is 1. The van der Waals surface area contributed by atoms with Gasteiger partial charge in [-0.2, -0.15) is 5.10 Å². The molecule has 5 rings (SSSR count). The van der Waals surface area contributed by atoms with Crippen molar-refractivity contribution in [1.82, 2.24) is 25.1 Å². The molecule has 4 heterocycles.